The number of likely N-dealkylation sites (N-methyl/N-ethyl adjacent to an activating group) is 1. The SMILES string of the molecule is CCCN(CCN(C)C)c1ccc(F)cc1CBr. The number of hydrogen-bond acceptors (Lipinski definition) is 2. The van der Waals surface area contributed by atoms with Crippen molar-refractivity contribution in [1.82, 2.24) is 4.90 Å². The van der Waals surface area contributed by atoms with Crippen LogP contribution in [0.1, 0.15) is 18.9 Å². The van der Waals surface area contributed by atoms with E-state index >= 15 is 0 Å². The highest BCUT2D eigenvalue weighted by Gasteiger charge is 2.11. The van der Waals surface area contributed by atoms with Gasteiger partial charge in [0.25, 0.3) is 0 Å². The lowest BCUT2D eigenvalue weighted by molar-refractivity contribution is 0.413. The minimum Gasteiger partial charge on any atom is -0.370 e. The lowest BCUT2D eigenvalue weighted by atomic mass is 10.1. The molecule has 0 amide bonds. The molecule has 0 aliphatic carbocycles. The van der Waals surface area contributed by atoms with E-state index < -0.39 is 0 Å². The standard InChI is InChI=1S/C14H22BrFN2/c1-4-7-18(9-8-17(2)3)14-6-5-13(16)10-12(14)11-15/h5-6,10H,4,7-9,11H2,1-3H3. The molecule has 1 rings (SSSR count). The molecular formula is C14H22BrFN2. The molecule has 2 nitrogen and oxygen atoms in total. The minimum absolute atomic E-state index is 0.169. The number of rotatable bonds is 7. The van der Waals surface area contributed by atoms with Crippen molar-refractivity contribution < 1.29 is 4.39 Å². The average molecular weight is 317 g/mol. The van der Waals surface area contributed by atoms with Crippen LogP contribution in [0, 0.1) is 5.82 Å². The third-order valence-electron chi connectivity index (χ3n) is 2.84. The van der Waals surface area contributed by atoms with Crippen LogP contribution in [0.25, 0.3) is 0 Å². The van der Waals surface area contributed by atoms with Crippen LogP contribution in [0.2, 0.25) is 0 Å². The largest absolute Gasteiger partial charge is 0.370 e. The van der Waals surface area contributed by atoms with Crippen molar-refractivity contribution in [3.8, 4) is 0 Å². The highest BCUT2D eigenvalue weighted by atomic mass is 79.9. The maximum Gasteiger partial charge on any atom is 0.123 e. The van der Waals surface area contributed by atoms with Crippen molar-refractivity contribution in [2.45, 2.75) is 18.7 Å². The first-order valence-corrected chi connectivity index (χ1v) is 7.44. The Morgan fingerprint density at radius 2 is 1.89 bits per heavy atom. The van der Waals surface area contributed by atoms with Gasteiger partial charge in [0, 0.05) is 30.7 Å². The molecule has 0 spiro atoms. The number of alkyl halides is 1. The van der Waals surface area contributed by atoms with Crippen molar-refractivity contribution in [3.63, 3.8) is 0 Å². The van der Waals surface area contributed by atoms with Gasteiger partial charge in [-0.25, -0.2) is 4.39 Å². The Morgan fingerprint density at radius 1 is 1.17 bits per heavy atom. The molecule has 0 atom stereocenters. The third kappa shape index (κ3) is 4.58. The molecular weight excluding hydrogens is 295 g/mol. The normalized spacial score (nSPS) is 11.0. The Morgan fingerprint density at radius 3 is 2.44 bits per heavy atom. The quantitative estimate of drug-likeness (QED) is 0.710. The van der Waals surface area contributed by atoms with Crippen molar-refractivity contribution in [2.75, 3.05) is 38.6 Å². The summed E-state index contributed by atoms with van der Waals surface area (Å²) in [6, 6.07) is 5.04. The first-order chi connectivity index (χ1) is 8.58. The molecule has 1 aromatic carbocycles. The molecule has 0 saturated carbocycles. The molecule has 0 N–H and O–H groups in total. The van der Waals surface area contributed by atoms with Crippen LogP contribution in [0.5, 0.6) is 0 Å². The van der Waals surface area contributed by atoms with E-state index in [1.807, 2.05) is 6.07 Å². The zero-order valence-electron chi connectivity index (χ0n) is 11.4. The molecule has 0 fully saturated rings. The van der Waals surface area contributed by atoms with Crippen LogP contribution in [-0.2, 0) is 5.33 Å². The topological polar surface area (TPSA) is 6.48 Å². The fourth-order valence-corrected chi connectivity index (χ4v) is 2.36. The molecule has 18 heavy (non-hydrogen) atoms. The molecule has 4 heteroatoms. The fourth-order valence-electron chi connectivity index (χ4n) is 1.91. The summed E-state index contributed by atoms with van der Waals surface area (Å²) in [5.41, 5.74) is 2.15. The first kappa shape index (κ1) is 15.4. The second kappa shape index (κ2) is 7.74. The molecule has 0 radical (unpaired) electrons. The Kier molecular flexibility index (Phi) is 6.65. The van der Waals surface area contributed by atoms with Gasteiger partial charge in [0.1, 0.15) is 5.82 Å². The van der Waals surface area contributed by atoms with E-state index in [1.165, 1.54) is 0 Å². The van der Waals surface area contributed by atoms with Gasteiger partial charge in [0.2, 0.25) is 0 Å². The second-order valence-corrected chi connectivity index (χ2v) is 5.26. The summed E-state index contributed by atoms with van der Waals surface area (Å²) in [4.78, 5) is 4.50. The summed E-state index contributed by atoms with van der Waals surface area (Å²) in [5.74, 6) is -0.169. The molecule has 0 unspecified atom stereocenters. The van der Waals surface area contributed by atoms with Gasteiger partial charge < -0.3 is 9.80 Å². The zero-order valence-corrected chi connectivity index (χ0v) is 13.0. The molecule has 0 heterocycles. The molecule has 0 aliphatic heterocycles. The van der Waals surface area contributed by atoms with Crippen LogP contribution in [-0.4, -0.2) is 38.6 Å². The van der Waals surface area contributed by atoms with Crippen molar-refractivity contribution in [1.29, 1.82) is 0 Å². The molecule has 0 aliphatic rings. The molecule has 0 saturated heterocycles. The van der Waals surface area contributed by atoms with E-state index in [0.717, 1.165) is 37.3 Å². The van der Waals surface area contributed by atoms with Gasteiger partial charge in [-0.2, -0.15) is 0 Å². The maximum atomic E-state index is 13.2. The average Bonchev–Trinajstić information content (AvgIpc) is 2.34. The highest BCUT2D eigenvalue weighted by molar-refractivity contribution is 9.08. The summed E-state index contributed by atoms with van der Waals surface area (Å²) in [6.45, 7) is 5.13. The van der Waals surface area contributed by atoms with E-state index in [1.54, 1.807) is 12.1 Å². The molecule has 102 valence electrons. The van der Waals surface area contributed by atoms with Gasteiger partial charge in [-0.15, -0.1) is 0 Å². The number of nitrogens with zero attached hydrogens (tertiary/aromatic N) is 2. The molecule has 0 aromatic heterocycles. The molecule has 0 bridgehead atoms. The van der Waals surface area contributed by atoms with E-state index in [-0.39, 0.29) is 5.82 Å². The Labute approximate surface area is 118 Å². The summed E-state index contributed by atoms with van der Waals surface area (Å²) in [6.07, 6.45) is 1.09. The highest BCUT2D eigenvalue weighted by Crippen LogP contribution is 2.24. The predicted octanol–water partition coefficient (Wildman–Crippen LogP) is 3.50. The number of hydrogen-bond donors (Lipinski definition) is 0. The predicted molar refractivity (Wildman–Crippen MR) is 80.1 cm³/mol. The van der Waals surface area contributed by atoms with E-state index in [9.17, 15) is 4.39 Å². The van der Waals surface area contributed by atoms with Gasteiger partial charge in [-0.3, -0.25) is 0 Å². The van der Waals surface area contributed by atoms with Crippen LogP contribution in [0.15, 0.2) is 18.2 Å². The Bertz CT molecular complexity index is 369. The van der Waals surface area contributed by atoms with Crippen molar-refractivity contribution in [2.24, 2.45) is 0 Å². The summed E-state index contributed by atoms with van der Waals surface area (Å²) >= 11 is 3.44. The van der Waals surface area contributed by atoms with Gasteiger partial charge in [0.15, 0.2) is 0 Å². The summed E-state index contributed by atoms with van der Waals surface area (Å²) in [7, 11) is 4.14. The third-order valence-corrected chi connectivity index (χ3v) is 3.44. The smallest absolute Gasteiger partial charge is 0.123 e. The summed E-state index contributed by atoms with van der Waals surface area (Å²) in [5, 5.41) is 0.683. The zero-order chi connectivity index (χ0) is 13.5. The summed E-state index contributed by atoms with van der Waals surface area (Å²) < 4.78 is 13.2. The second-order valence-electron chi connectivity index (χ2n) is 4.70. The fraction of sp³-hybridized carbons (Fsp3) is 0.571. The first-order valence-electron chi connectivity index (χ1n) is 6.32. The number of anilines is 1. The molecule has 1 aromatic rings. The Hall–Kier alpha value is -0.610. The van der Waals surface area contributed by atoms with Gasteiger partial charge >= 0.3 is 0 Å². The number of halogens is 2. The van der Waals surface area contributed by atoms with Gasteiger partial charge in [0.05, 0.1) is 0 Å². The van der Waals surface area contributed by atoms with Crippen LogP contribution < -0.4 is 4.90 Å². The van der Waals surface area contributed by atoms with Crippen LogP contribution in [0.3, 0.4) is 0 Å². The lowest BCUT2D eigenvalue weighted by Crippen LogP contribution is -2.32. The maximum absolute atomic E-state index is 13.2. The minimum atomic E-state index is -0.169. The van der Waals surface area contributed by atoms with E-state index in [4.69, 9.17) is 0 Å². The Balaban J connectivity index is 2.89. The van der Waals surface area contributed by atoms with E-state index in [2.05, 4.69) is 46.7 Å². The van der Waals surface area contributed by atoms with Crippen LogP contribution in [0.4, 0.5) is 10.1 Å². The van der Waals surface area contributed by atoms with Crippen LogP contribution >= 0.6 is 15.9 Å². The van der Waals surface area contributed by atoms with Gasteiger partial charge in [-0.05, 0) is 44.3 Å². The number of benzene rings is 1. The van der Waals surface area contributed by atoms with Gasteiger partial charge in [-0.1, -0.05) is 22.9 Å². The van der Waals surface area contributed by atoms with E-state index in [0.29, 0.717) is 5.33 Å². The van der Waals surface area contributed by atoms with Crippen molar-refractivity contribution >= 4 is 21.6 Å². The van der Waals surface area contributed by atoms with Crippen molar-refractivity contribution in [3.05, 3.63) is 29.6 Å². The lowest BCUT2D eigenvalue weighted by Gasteiger charge is -2.28. The monoisotopic (exact) mass is 316 g/mol.